The second kappa shape index (κ2) is 6.35. The number of hydrogen-bond acceptors (Lipinski definition) is 2. The monoisotopic (exact) mass is 379 g/mol. The van der Waals surface area contributed by atoms with Crippen LogP contribution < -0.4 is 20.5 Å². The standard InChI is InChI=1S/C26H21NO2/c28-26-15-29-25-12-10-17(13-24(25)27-26)22-14-23-18-6-2-1-5-16(18)9-11-21(23)19-7-3-4-8-20(19)22/h3-5,7-13H,1-2,6,14-15H2,(H,27,28). The van der Waals surface area contributed by atoms with Gasteiger partial charge < -0.3 is 10.1 Å². The number of benzene rings is 3. The molecule has 1 N–H and O–H groups in total. The fourth-order valence-corrected chi connectivity index (χ4v) is 4.97. The maximum absolute atomic E-state index is 11.8. The fraction of sp³-hybridized carbons (Fsp3) is 0.192. The summed E-state index contributed by atoms with van der Waals surface area (Å²) in [6.45, 7) is 0.0851. The van der Waals surface area contributed by atoms with Crippen LogP contribution in [0, 0.1) is 10.4 Å². The molecule has 1 aliphatic heterocycles. The third kappa shape index (κ3) is 2.61. The topological polar surface area (TPSA) is 38.3 Å². The molecule has 3 nitrogen and oxygen atoms in total. The van der Waals surface area contributed by atoms with E-state index >= 15 is 0 Å². The quantitative estimate of drug-likeness (QED) is 0.705. The molecule has 0 bridgehead atoms. The van der Waals surface area contributed by atoms with Gasteiger partial charge in [-0.3, -0.25) is 4.79 Å². The second-order valence-corrected chi connectivity index (χ2v) is 8.00. The Balaban J connectivity index is 1.65. The first kappa shape index (κ1) is 16.6. The first-order valence-corrected chi connectivity index (χ1v) is 10.3. The van der Waals surface area contributed by atoms with Crippen LogP contribution in [0.15, 0.2) is 54.6 Å². The van der Waals surface area contributed by atoms with E-state index in [9.17, 15) is 4.79 Å². The largest absolute Gasteiger partial charge is 0.482 e. The van der Waals surface area contributed by atoms with E-state index < -0.39 is 0 Å². The minimum atomic E-state index is -0.0985. The number of carbonyl (C=O) groups excluding carboxylic acids is 1. The minimum Gasteiger partial charge on any atom is -0.482 e. The van der Waals surface area contributed by atoms with Crippen LogP contribution >= 0.6 is 0 Å². The van der Waals surface area contributed by atoms with Crippen LogP contribution in [0.25, 0.3) is 11.6 Å². The summed E-state index contributed by atoms with van der Waals surface area (Å²) in [5, 5.41) is 8.30. The van der Waals surface area contributed by atoms with E-state index in [1.54, 1.807) is 0 Å². The highest BCUT2D eigenvalue weighted by Gasteiger charge is 2.20. The summed E-state index contributed by atoms with van der Waals surface area (Å²) in [5.74, 6) is 0.643. The Hall–Kier alpha value is -3.33. The van der Waals surface area contributed by atoms with E-state index in [0.29, 0.717) is 0 Å². The van der Waals surface area contributed by atoms with Crippen LogP contribution in [0.2, 0.25) is 0 Å². The van der Waals surface area contributed by atoms with Crippen molar-refractivity contribution in [1.82, 2.24) is 0 Å². The van der Waals surface area contributed by atoms with Gasteiger partial charge >= 0.3 is 0 Å². The normalized spacial score (nSPS) is 16.4. The molecular weight excluding hydrogens is 358 g/mol. The molecule has 0 spiro atoms. The third-order valence-corrected chi connectivity index (χ3v) is 6.32. The molecule has 3 aromatic rings. The zero-order chi connectivity index (χ0) is 19.4. The summed E-state index contributed by atoms with van der Waals surface area (Å²) in [5.41, 5.74) is 6.19. The van der Waals surface area contributed by atoms with Crippen molar-refractivity contribution in [3.05, 3.63) is 92.2 Å². The summed E-state index contributed by atoms with van der Waals surface area (Å²) in [6.07, 6.45) is 6.84. The van der Waals surface area contributed by atoms with Crippen LogP contribution in [-0.4, -0.2) is 12.5 Å². The summed E-state index contributed by atoms with van der Waals surface area (Å²) in [7, 11) is 0. The lowest BCUT2D eigenvalue weighted by Gasteiger charge is -2.22. The van der Waals surface area contributed by atoms with E-state index in [1.165, 1.54) is 50.4 Å². The lowest BCUT2D eigenvalue weighted by molar-refractivity contribution is -0.118. The molecule has 0 radical (unpaired) electrons. The molecule has 3 aromatic carbocycles. The average Bonchev–Trinajstić information content (AvgIpc) is 2.77. The van der Waals surface area contributed by atoms with E-state index in [1.807, 2.05) is 6.07 Å². The highest BCUT2D eigenvalue weighted by atomic mass is 16.5. The Labute approximate surface area is 168 Å². The molecule has 142 valence electrons. The predicted molar refractivity (Wildman–Crippen MR) is 114 cm³/mol. The Morgan fingerprint density at radius 1 is 0.897 bits per heavy atom. The molecule has 3 heteroatoms. The maximum Gasteiger partial charge on any atom is 0.262 e. The first-order valence-electron chi connectivity index (χ1n) is 10.3. The third-order valence-electron chi connectivity index (χ3n) is 6.32. The molecule has 2 aliphatic carbocycles. The van der Waals surface area contributed by atoms with Crippen LogP contribution in [0.4, 0.5) is 5.69 Å². The lowest BCUT2D eigenvalue weighted by atomic mass is 9.84. The lowest BCUT2D eigenvalue weighted by Crippen LogP contribution is -2.26. The molecule has 29 heavy (non-hydrogen) atoms. The van der Waals surface area contributed by atoms with Crippen molar-refractivity contribution in [2.24, 2.45) is 0 Å². The smallest absolute Gasteiger partial charge is 0.262 e. The fourth-order valence-electron chi connectivity index (χ4n) is 4.97. The summed E-state index contributed by atoms with van der Waals surface area (Å²) in [4.78, 5) is 11.8. The molecule has 0 aromatic heterocycles. The van der Waals surface area contributed by atoms with Crippen LogP contribution in [0.5, 0.6) is 5.75 Å². The maximum atomic E-state index is 11.8. The number of anilines is 1. The molecule has 0 unspecified atom stereocenters. The van der Waals surface area contributed by atoms with Gasteiger partial charge in [-0.25, -0.2) is 0 Å². The Bertz CT molecular complexity index is 1400. The van der Waals surface area contributed by atoms with E-state index in [2.05, 4.69) is 59.9 Å². The van der Waals surface area contributed by atoms with Crippen molar-refractivity contribution in [3.8, 4) is 5.75 Å². The molecule has 0 atom stereocenters. The SMILES string of the molecule is O=C1COc2ccc(C3=c4ccccc4=c4ccc5c(c4C3)CCCC=5)cc2N1. The highest BCUT2D eigenvalue weighted by Crippen LogP contribution is 2.32. The summed E-state index contributed by atoms with van der Waals surface area (Å²) >= 11 is 0. The van der Waals surface area contributed by atoms with Crippen molar-refractivity contribution in [3.63, 3.8) is 0 Å². The first-order chi connectivity index (χ1) is 14.3. The van der Waals surface area contributed by atoms with Gasteiger partial charge in [0.05, 0.1) is 5.69 Å². The van der Waals surface area contributed by atoms with Gasteiger partial charge in [0, 0.05) is 0 Å². The summed E-state index contributed by atoms with van der Waals surface area (Å²) < 4.78 is 5.55. The van der Waals surface area contributed by atoms with Gasteiger partial charge in [0.25, 0.3) is 5.91 Å². The van der Waals surface area contributed by atoms with E-state index in [0.717, 1.165) is 29.8 Å². The zero-order valence-corrected chi connectivity index (χ0v) is 16.1. The van der Waals surface area contributed by atoms with Gasteiger partial charge in [-0.2, -0.15) is 0 Å². The Kier molecular flexibility index (Phi) is 3.63. The number of nitrogens with one attached hydrogen (secondary N) is 1. The van der Waals surface area contributed by atoms with Gasteiger partial charge in [-0.15, -0.1) is 0 Å². The highest BCUT2D eigenvalue weighted by molar-refractivity contribution is 5.96. The Morgan fingerprint density at radius 2 is 1.79 bits per heavy atom. The van der Waals surface area contributed by atoms with Gasteiger partial charge in [-0.1, -0.05) is 48.5 Å². The Morgan fingerprint density at radius 3 is 2.72 bits per heavy atom. The van der Waals surface area contributed by atoms with E-state index in [-0.39, 0.29) is 12.5 Å². The number of rotatable bonds is 1. The van der Waals surface area contributed by atoms with Crippen LogP contribution in [-0.2, 0) is 17.6 Å². The van der Waals surface area contributed by atoms with Gasteiger partial charge in [-0.05, 0) is 81.0 Å². The molecule has 3 aliphatic rings. The molecule has 1 amide bonds. The molecule has 0 fully saturated rings. The molecule has 0 saturated heterocycles. The van der Waals surface area contributed by atoms with Gasteiger partial charge in [0.15, 0.2) is 6.61 Å². The zero-order valence-electron chi connectivity index (χ0n) is 16.1. The van der Waals surface area contributed by atoms with Crippen molar-refractivity contribution in [2.45, 2.75) is 25.7 Å². The van der Waals surface area contributed by atoms with E-state index in [4.69, 9.17) is 4.74 Å². The van der Waals surface area contributed by atoms with Crippen LogP contribution in [0.1, 0.15) is 29.5 Å². The number of carbonyl (C=O) groups is 1. The summed E-state index contributed by atoms with van der Waals surface area (Å²) in [6, 6.07) is 19.4. The molecule has 1 heterocycles. The second-order valence-electron chi connectivity index (χ2n) is 8.00. The van der Waals surface area contributed by atoms with Crippen LogP contribution in [0.3, 0.4) is 0 Å². The number of hydrogen-bond donors (Lipinski definition) is 1. The average molecular weight is 379 g/mol. The van der Waals surface area contributed by atoms with Gasteiger partial charge in [0.2, 0.25) is 0 Å². The van der Waals surface area contributed by atoms with Crippen molar-refractivity contribution in [1.29, 1.82) is 0 Å². The molecule has 0 saturated carbocycles. The number of amides is 1. The number of ether oxygens (including phenoxy) is 1. The molecular formula is C26H21NO2. The minimum absolute atomic E-state index is 0.0851. The predicted octanol–water partition coefficient (Wildman–Crippen LogP) is 3.18. The molecule has 6 rings (SSSR count). The van der Waals surface area contributed by atoms with Crippen molar-refractivity contribution in [2.75, 3.05) is 11.9 Å². The van der Waals surface area contributed by atoms with Gasteiger partial charge in [0.1, 0.15) is 5.75 Å². The van der Waals surface area contributed by atoms with Crippen molar-refractivity contribution < 1.29 is 9.53 Å². The van der Waals surface area contributed by atoms with Crippen molar-refractivity contribution >= 4 is 23.2 Å². The number of fused-ring (bicyclic) bond motifs is 5.